The second-order valence-corrected chi connectivity index (χ2v) is 11.0. The molecule has 8 heteroatoms. The molecule has 1 unspecified atom stereocenters. The second-order valence-electron chi connectivity index (χ2n) is 11.0. The molecule has 1 aromatic heterocycles. The maximum atomic E-state index is 12.0. The minimum absolute atomic E-state index is 0.222. The molecule has 1 atom stereocenters. The van der Waals surface area contributed by atoms with Crippen molar-refractivity contribution in [2.75, 3.05) is 36.5 Å². The molecule has 2 N–H and O–H groups in total. The molecule has 0 bridgehead atoms. The number of nitrogens with one attached hydrogen (secondary N) is 1. The minimum atomic E-state index is -0.872. The van der Waals surface area contributed by atoms with E-state index in [9.17, 15) is 14.7 Å². The standard InChI is InChI=1S/C28H38N4O4/c1-6-36-25(33)16-19-10-12-20(13-11-19)29-23-17-24(30-22-9-7-8-21(22)23)31-14-15-32(26(34)35)28(5,18-31)27(2,3)4/h10-13,17H,6-9,14-16,18H2,1-5H3,(H,29,30)(H,34,35). The number of nitrogens with zero attached hydrogens (tertiary/aromatic N) is 3. The SMILES string of the molecule is CCOC(=O)Cc1ccc(Nc2cc(N3CCN(C(=O)O)C(C)(C(C)(C)C)C3)nc3c2CCC3)cc1. The molecule has 1 amide bonds. The van der Waals surface area contributed by atoms with Gasteiger partial charge in [-0.05, 0) is 61.8 Å². The molecule has 1 aromatic carbocycles. The summed E-state index contributed by atoms with van der Waals surface area (Å²) in [5, 5.41) is 13.5. The fourth-order valence-corrected chi connectivity index (χ4v) is 5.19. The third-order valence-electron chi connectivity index (χ3n) is 7.78. The van der Waals surface area contributed by atoms with E-state index < -0.39 is 11.6 Å². The molecule has 2 aliphatic rings. The topological polar surface area (TPSA) is 95.0 Å². The van der Waals surface area contributed by atoms with Gasteiger partial charge in [-0.15, -0.1) is 0 Å². The van der Waals surface area contributed by atoms with Gasteiger partial charge in [0.15, 0.2) is 0 Å². The van der Waals surface area contributed by atoms with Gasteiger partial charge in [0.05, 0.1) is 18.6 Å². The van der Waals surface area contributed by atoms with Gasteiger partial charge < -0.3 is 20.1 Å². The summed E-state index contributed by atoms with van der Waals surface area (Å²) in [6, 6.07) is 9.97. The van der Waals surface area contributed by atoms with Gasteiger partial charge in [0.1, 0.15) is 5.82 Å². The third-order valence-corrected chi connectivity index (χ3v) is 7.78. The summed E-state index contributed by atoms with van der Waals surface area (Å²) in [5.41, 5.74) is 4.47. The highest BCUT2D eigenvalue weighted by molar-refractivity contribution is 5.73. The normalized spacial score (nSPS) is 19.7. The van der Waals surface area contributed by atoms with Crippen LogP contribution < -0.4 is 10.2 Å². The first-order valence-electron chi connectivity index (χ1n) is 12.8. The van der Waals surface area contributed by atoms with Crippen molar-refractivity contribution in [2.45, 2.75) is 65.8 Å². The lowest BCUT2D eigenvalue weighted by Crippen LogP contribution is -2.67. The number of amides is 1. The number of aromatic nitrogens is 1. The quantitative estimate of drug-likeness (QED) is 0.544. The van der Waals surface area contributed by atoms with Crippen LogP contribution in [-0.4, -0.2) is 58.8 Å². The van der Waals surface area contributed by atoms with Gasteiger partial charge in [-0.2, -0.15) is 0 Å². The van der Waals surface area contributed by atoms with Gasteiger partial charge in [0.2, 0.25) is 0 Å². The maximum absolute atomic E-state index is 12.0. The average molecular weight is 495 g/mol. The lowest BCUT2D eigenvalue weighted by atomic mass is 9.72. The number of piperazine rings is 1. The molecule has 0 saturated carbocycles. The van der Waals surface area contributed by atoms with Crippen LogP contribution in [0.1, 0.15) is 57.9 Å². The zero-order valence-electron chi connectivity index (χ0n) is 22.1. The number of aryl methyl sites for hydroxylation is 1. The van der Waals surface area contributed by atoms with E-state index in [4.69, 9.17) is 9.72 Å². The third kappa shape index (κ3) is 5.13. The predicted octanol–water partition coefficient (Wildman–Crippen LogP) is 5.02. The van der Waals surface area contributed by atoms with Crippen molar-refractivity contribution in [1.29, 1.82) is 0 Å². The van der Waals surface area contributed by atoms with Crippen LogP contribution in [0, 0.1) is 5.41 Å². The Morgan fingerprint density at radius 2 is 1.89 bits per heavy atom. The zero-order valence-corrected chi connectivity index (χ0v) is 22.1. The summed E-state index contributed by atoms with van der Waals surface area (Å²) in [7, 11) is 0. The average Bonchev–Trinajstić information content (AvgIpc) is 3.28. The van der Waals surface area contributed by atoms with E-state index in [1.54, 1.807) is 4.90 Å². The van der Waals surface area contributed by atoms with E-state index in [0.717, 1.165) is 47.7 Å². The molecule has 1 fully saturated rings. The Kier molecular flexibility index (Phi) is 7.16. The molecule has 0 radical (unpaired) electrons. The van der Waals surface area contributed by atoms with Crippen LogP contribution in [0.5, 0.6) is 0 Å². The van der Waals surface area contributed by atoms with Crippen molar-refractivity contribution in [1.82, 2.24) is 9.88 Å². The van der Waals surface area contributed by atoms with Crippen LogP contribution in [0.15, 0.2) is 30.3 Å². The Morgan fingerprint density at radius 3 is 2.53 bits per heavy atom. The van der Waals surface area contributed by atoms with E-state index in [1.165, 1.54) is 5.56 Å². The van der Waals surface area contributed by atoms with Crippen LogP contribution >= 0.6 is 0 Å². The molecule has 194 valence electrons. The number of pyridine rings is 1. The van der Waals surface area contributed by atoms with Gasteiger partial charge in [0, 0.05) is 42.8 Å². The van der Waals surface area contributed by atoms with Gasteiger partial charge in [-0.3, -0.25) is 9.69 Å². The molecule has 36 heavy (non-hydrogen) atoms. The molecular weight excluding hydrogens is 456 g/mol. The number of fused-ring (bicyclic) bond motifs is 1. The van der Waals surface area contributed by atoms with Gasteiger partial charge >= 0.3 is 12.1 Å². The first-order valence-corrected chi connectivity index (χ1v) is 12.8. The number of ether oxygens (including phenoxy) is 1. The van der Waals surface area contributed by atoms with Gasteiger partial charge in [0.25, 0.3) is 0 Å². The second kappa shape index (κ2) is 9.99. The molecule has 1 aliphatic carbocycles. The van der Waals surface area contributed by atoms with Gasteiger partial charge in [-0.1, -0.05) is 32.9 Å². The predicted molar refractivity (Wildman–Crippen MR) is 141 cm³/mol. The lowest BCUT2D eigenvalue weighted by molar-refractivity contribution is -0.142. The molecule has 4 rings (SSSR count). The molecule has 1 saturated heterocycles. The number of rotatable bonds is 6. The molecule has 0 spiro atoms. The highest BCUT2D eigenvalue weighted by Gasteiger charge is 2.49. The van der Waals surface area contributed by atoms with Crippen molar-refractivity contribution >= 4 is 29.3 Å². The Labute approximate surface area is 213 Å². The smallest absolute Gasteiger partial charge is 0.407 e. The molecular formula is C28H38N4O4. The van der Waals surface area contributed by atoms with Crippen LogP contribution in [-0.2, 0) is 28.8 Å². The Bertz CT molecular complexity index is 1130. The summed E-state index contributed by atoms with van der Waals surface area (Å²) in [5.74, 6) is 0.664. The number of carboxylic acid groups (broad SMARTS) is 1. The van der Waals surface area contributed by atoms with Gasteiger partial charge in [-0.25, -0.2) is 9.78 Å². The molecule has 1 aliphatic heterocycles. The van der Waals surface area contributed by atoms with E-state index >= 15 is 0 Å². The first-order chi connectivity index (χ1) is 17.0. The van der Waals surface area contributed by atoms with Crippen LogP contribution in [0.4, 0.5) is 22.0 Å². The Hall–Kier alpha value is -3.29. The fourth-order valence-electron chi connectivity index (χ4n) is 5.19. The number of anilines is 3. The summed E-state index contributed by atoms with van der Waals surface area (Å²) >= 11 is 0. The monoisotopic (exact) mass is 494 g/mol. The lowest BCUT2D eigenvalue weighted by Gasteiger charge is -2.54. The maximum Gasteiger partial charge on any atom is 0.407 e. The van der Waals surface area contributed by atoms with E-state index in [1.807, 2.05) is 38.1 Å². The largest absolute Gasteiger partial charge is 0.466 e. The number of benzene rings is 1. The number of carbonyl (C=O) groups is 2. The Balaban J connectivity index is 1.59. The van der Waals surface area contributed by atoms with E-state index in [2.05, 4.69) is 37.1 Å². The summed E-state index contributed by atoms with van der Waals surface area (Å²) in [4.78, 5) is 32.7. The number of hydrogen-bond donors (Lipinski definition) is 2. The molecule has 2 aromatic rings. The van der Waals surface area contributed by atoms with Crippen molar-refractivity contribution in [3.8, 4) is 0 Å². The summed E-state index contributed by atoms with van der Waals surface area (Å²) < 4.78 is 5.05. The Morgan fingerprint density at radius 1 is 1.17 bits per heavy atom. The number of esters is 1. The van der Waals surface area contributed by atoms with Crippen LogP contribution in [0.2, 0.25) is 0 Å². The highest BCUT2D eigenvalue weighted by Crippen LogP contribution is 2.40. The minimum Gasteiger partial charge on any atom is -0.466 e. The molecule has 2 heterocycles. The first kappa shape index (κ1) is 25.8. The number of carbonyl (C=O) groups excluding carboxylic acids is 1. The summed E-state index contributed by atoms with van der Waals surface area (Å²) in [6.45, 7) is 12.1. The van der Waals surface area contributed by atoms with Crippen LogP contribution in [0.3, 0.4) is 0 Å². The van der Waals surface area contributed by atoms with Crippen molar-refractivity contribution < 1.29 is 19.4 Å². The van der Waals surface area contributed by atoms with E-state index in [0.29, 0.717) is 26.2 Å². The van der Waals surface area contributed by atoms with Crippen molar-refractivity contribution in [3.05, 3.63) is 47.2 Å². The van der Waals surface area contributed by atoms with Crippen molar-refractivity contribution in [3.63, 3.8) is 0 Å². The van der Waals surface area contributed by atoms with E-state index in [-0.39, 0.29) is 17.8 Å². The number of hydrogen-bond acceptors (Lipinski definition) is 6. The van der Waals surface area contributed by atoms with Crippen molar-refractivity contribution in [2.24, 2.45) is 5.41 Å². The fraction of sp³-hybridized carbons (Fsp3) is 0.536. The zero-order chi connectivity index (χ0) is 26.1. The van der Waals surface area contributed by atoms with Crippen LogP contribution in [0.25, 0.3) is 0 Å². The molecule has 8 nitrogen and oxygen atoms in total. The summed E-state index contributed by atoms with van der Waals surface area (Å²) in [6.07, 6.45) is 2.39. The highest BCUT2D eigenvalue weighted by atomic mass is 16.5.